The predicted molar refractivity (Wildman–Crippen MR) is 88.6 cm³/mol. The molecule has 2 rings (SSSR count). The molecule has 0 spiro atoms. The molecule has 0 atom stereocenters. The van der Waals surface area contributed by atoms with E-state index in [4.69, 9.17) is 9.88 Å². The zero-order valence-electron chi connectivity index (χ0n) is 13.1. The second kappa shape index (κ2) is 7.28. The number of nitro benzene ring substituents is 1. The van der Waals surface area contributed by atoms with Gasteiger partial charge in [0.25, 0.3) is 11.6 Å². The smallest absolute Gasteiger partial charge is 0.270 e. The van der Waals surface area contributed by atoms with Gasteiger partial charge in [-0.05, 0) is 23.8 Å². The number of nitro groups is 1. The van der Waals surface area contributed by atoms with Gasteiger partial charge < -0.3 is 10.1 Å². The summed E-state index contributed by atoms with van der Waals surface area (Å²) in [7, 11) is -2.51. The summed E-state index contributed by atoms with van der Waals surface area (Å²) in [5, 5.41) is 18.5. The average molecular weight is 365 g/mol. The van der Waals surface area contributed by atoms with Crippen molar-refractivity contribution in [1.82, 2.24) is 5.32 Å². The molecule has 0 bridgehead atoms. The third-order valence-electron chi connectivity index (χ3n) is 3.32. The number of non-ortho nitro benzene ring substituents is 1. The molecule has 0 saturated carbocycles. The van der Waals surface area contributed by atoms with Crippen molar-refractivity contribution < 1.29 is 22.9 Å². The summed E-state index contributed by atoms with van der Waals surface area (Å²) in [6.45, 7) is 0.00798. The number of nitrogens with zero attached hydrogens (tertiary/aromatic N) is 1. The maximum Gasteiger partial charge on any atom is 0.270 e. The molecule has 2 aromatic rings. The Morgan fingerprint density at radius 2 is 2.00 bits per heavy atom. The average Bonchev–Trinajstić information content (AvgIpc) is 2.58. The van der Waals surface area contributed by atoms with Crippen LogP contribution in [0.1, 0.15) is 15.9 Å². The second-order valence-electron chi connectivity index (χ2n) is 5.02. The number of hydrogen-bond acceptors (Lipinski definition) is 6. The fourth-order valence-corrected chi connectivity index (χ4v) is 2.68. The van der Waals surface area contributed by atoms with Crippen molar-refractivity contribution in [2.45, 2.75) is 11.4 Å². The third-order valence-corrected chi connectivity index (χ3v) is 4.23. The summed E-state index contributed by atoms with van der Waals surface area (Å²) in [4.78, 5) is 22.5. The van der Waals surface area contributed by atoms with Gasteiger partial charge in [-0.15, -0.1) is 0 Å². The number of methoxy groups -OCH3 is 1. The Morgan fingerprint density at radius 1 is 1.28 bits per heavy atom. The van der Waals surface area contributed by atoms with E-state index in [1.165, 1.54) is 37.4 Å². The van der Waals surface area contributed by atoms with Crippen molar-refractivity contribution in [3.63, 3.8) is 0 Å². The van der Waals surface area contributed by atoms with Crippen LogP contribution in [-0.4, -0.2) is 26.4 Å². The van der Waals surface area contributed by atoms with Crippen LogP contribution in [0.4, 0.5) is 5.69 Å². The van der Waals surface area contributed by atoms with E-state index < -0.39 is 20.9 Å². The number of ether oxygens (including phenoxy) is 1. The molecular formula is C15H15N3O6S. The normalized spacial score (nSPS) is 11.0. The van der Waals surface area contributed by atoms with E-state index >= 15 is 0 Å². The summed E-state index contributed by atoms with van der Waals surface area (Å²) < 4.78 is 27.7. The Morgan fingerprint density at radius 3 is 2.60 bits per heavy atom. The fraction of sp³-hybridized carbons (Fsp3) is 0.133. The summed E-state index contributed by atoms with van der Waals surface area (Å²) >= 11 is 0. The minimum Gasteiger partial charge on any atom is -0.496 e. The molecule has 0 aliphatic heterocycles. The van der Waals surface area contributed by atoms with Crippen LogP contribution >= 0.6 is 0 Å². The van der Waals surface area contributed by atoms with Crippen LogP contribution in [0.3, 0.4) is 0 Å². The lowest BCUT2D eigenvalue weighted by Crippen LogP contribution is -2.23. The molecule has 0 saturated heterocycles. The van der Waals surface area contributed by atoms with Crippen molar-refractivity contribution in [3.8, 4) is 5.75 Å². The Bertz CT molecular complexity index is 927. The monoisotopic (exact) mass is 365 g/mol. The van der Waals surface area contributed by atoms with E-state index in [-0.39, 0.29) is 28.4 Å². The van der Waals surface area contributed by atoms with E-state index in [0.717, 1.165) is 6.07 Å². The maximum atomic E-state index is 12.3. The van der Waals surface area contributed by atoms with E-state index in [1.807, 2.05) is 0 Å². The summed E-state index contributed by atoms with van der Waals surface area (Å²) in [6, 6.07) is 9.44. The molecule has 0 fully saturated rings. The Labute approximate surface area is 143 Å². The molecule has 0 aromatic heterocycles. The molecule has 10 heteroatoms. The molecule has 132 valence electrons. The van der Waals surface area contributed by atoms with Crippen LogP contribution in [0.25, 0.3) is 0 Å². The predicted octanol–water partition coefficient (Wildman–Crippen LogP) is 1.18. The molecule has 25 heavy (non-hydrogen) atoms. The van der Waals surface area contributed by atoms with Gasteiger partial charge in [-0.2, -0.15) is 0 Å². The largest absolute Gasteiger partial charge is 0.496 e. The number of hydrogen-bond donors (Lipinski definition) is 2. The lowest BCUT2D eigenvalue weighted by molar-refractivity contribution is -0.384. The SMILES string of the molecule is COc1ccc([N+](=O)[O-])cc1C(=O)NCc1cccc(S(N)(=O)=O)c1. The standard InChI is InChI=1S/C15H15N3O6S/c1-24-14-6-5-11(18(20)21)8-13(14)15(19)17-9-10-3-2-4-12(7-10)25(16,22)23/h2-8H,9H2,1H3,(H,17,19)(H2,16,22,23). The first-order valence-electron chi connectivity index (χ1n) is 6.94. The molecule has 2 aromatic carbocycles. The summed E-state index contributed by atoms with van der Waals surface area (Å²) in [5.74, 6) is -0.414. The van der Waals surface area contributed by atoms with Crippen LogP contribution in [0, 0.1) is 10.1 Å². The molecule has 0 aliphatic rings. The van der Waals surface area contributed by atoms with Gasteiger partial charge in [-0.1, -0.05) is 12.1 Å². The molecule has 0 aliphatic carbocycles. The Balaban J connectivity index is 2.21. The highest BCUT2D eigenvalue weighted by atomic mass is 32.2. The lowest BCUT2D eigenvalue weighted by atomic mass is 10.1. The number of rotatable bonds is 6. The highest BCUT2D eigenvalue weighted by Crippen LogP contribution is 2.24. The molecule has 0 heterocycles. The Hall–Kier alpha value is -2.98. The van der Waals surface area contributed by atoms with Crippen molar-refractivity contribution in [1.29, 1.82) is 0 Å². The van der Waals surface area contributed by atoms with Gasteiger partial charge in [0.1, 0.15) is 5.75 Å². The first-order valence-corrected chi connectivity index (χ1v) is 8.49. The van der Waals surface area contributed by atoms with Crippen LogP contribution in [-0.2, 0) is 16.6 Å². The fourth-order valence-electron chi connectivity index (χ4n) is 2.10. The van der Waals surface area contributed by atoms with Gasteiger partial charge in [0.2, 0.25) is 10.0 Å². The first-order chi connectivity index (χ1) is 11.7. The second-order valence-corrected chi connectivity index (χ2v) is 6.58. The minimum atomic E-state index is -3.85. The van der Waals surface area contributed by atoms with Gasteiger partial charge >= 0.3 is 0 Å². The first kappa shape index (κ1) is 18.4. The quantitative estimate of drug-likeness (QED) is 0.581. The number of primary sulfonamides is 1. The van der Waals surface area contributed by atoms with Crippen LogP contribution < -0.4 is 15.2 Å². The van der Waals surface area contributed by atoms with Crippen LogP contribution in [0.2, 0.25) is 0 Å². The highest BCUT2D eigenvalue weighted by molar-refractivity contribution is 7.89. The van der Waals surface area contributed by atoms with Crippen molar-refractivity contribution in [3.05, 3.63) is 63.7 Å². The minimum absolute atomic E-state index is 0.000647. The number of sulfonamides is 1. The molecule has 0 radical (unpaired) electrons. The number of nitrogens with one attached hydrogen (secondary N) is 1. The highest BCUT2D eigenvalue weighted by Gasteiger charge is 2.17. The van der Waals surface area contributed by atoms with E-state index in [2.05, 4.69) is 5.32 Å². The van der Waals surface area contributed by atoms with Gasteiger partial charge in [0.15, 0.2) is 0 Å². The van der Waals surface area contributed by atoms with Gasteiger partial charge in [0, 0.05) is 18.7 Å². The van der Waals surface area contributed by atoms with Crippen LogP contribution in [0.5, 0.6) is 5.75 Å². The zero-order valence-corrected chi connectivity index (χ0v) is 13.9. The maximum absolute atomic E-state index is 12.3. The molecule has 0 unspecified atom stereocenters. The number of carbonyl (C=O) groups excluding carboxylic acids is 1. The summed E-state index contributed by atoms with van der Waals surface area (Å²) in [6.07, 6.45) is 0. The Kier molecular flexibility index (Phi) is 5.35. The molecule has 9 nitrogen and oxygen atoms in total. The van der Waals surface area contributed by atoms with Gasteiger partial charge in [-0.25, -0.2) is 13.6 Å². The number of carbonyl (C=O) groups is 1. The molecular weight excluding hydrogens is 350 g/mol. The summed E-state index contributed by atoms with van der Waals surface area (Å²) in [5.41, 5.74) is 0.255. The van der Waals surface area contributed by atoms with Gasteiger partial charge in [0.05, 0.1) is 22.5 Å². The number of amides is 1. The van der Waals surface area contributed by atoms with Crippen LogP contribution in [0.15, 0.2) is 47.4 Å². The lowest BCUT2D eigenvalue weighted by Gasteiger charge is -2.10. The third kappa shape index (κ3) is 4.52. The van der Waals surface area contributed by atoms with E-state index in [0.29, 0.717) is 5.56 Å². The number of nitrogens with two attached hydrogens (primary N) is 1. The zero-order chi connectivity index (χ0) is 18.6. The topological polar surface area (TPSA) is 142 Å². The van der Waals surface area contributed by atoms with E-state index in [1.54, 1.807) is 6.07 Å². The van der Waals surface area contributed by atoms with Crippen molar-refractivity contribution in [2.75, 3.05) is 7.11 Å². The van der Waals surface area contributed by atoms with Crippen molar-refractivity contribution >= 4 is 21.6 Å². The van der Waals surface area contributed by atoms with Crippen molar-refractivity contribution in [2.24, 2.45) is 5.14 Å². The number of benzene rings is 2. The molecule has 3 N–H and O–H groups in total. The van der Waals surface area contributed by atoms with E-state index in [9.17, 15) is 23.3 Å². The molecule has 1 amide bonds. The van der Waals surface area contributed by atoms with Gasteiger partial charge in [-0.3, -0.25) is 14.9 Å².